The second kappa shape index (κ2) is 7.93. The second-order valence-electron chi connectivity index (χ2n) is 12.0. The zero-order valence-electron chi connectivity index (χ0n) is 21.4. The Kier molecular flexibility index (Phi) is 5.38. The third-order valence-corrected chi connectivity index (χ3v) is 10.4. The van der Waals surface area contributed by atoms with Crippen LogP contribution in [-0.4, -0.2) is 55.0 Å². The van der Waals surface area contributed by atoms with Crippen molar-refractivity contribution in [3.05, 3.63) is 12.3 Å². The number of fused-ring (bicyclic) bond motifs is 2. The topological polar surface area (TPSA) is 92.8 Å². The number of hydrogen-bond acceptors (Lipinski definition) is 8. The van der Waals surface area contributed by atoms with Crippen LogP contribution in [0.3, 0.4) is 0 Å². The van der Waals surface area contributed by atoms with Gasteiger partial charge in [-0.15, -0.1) is 0 Å². The van der Waals surface area contributed by atoms with Crippen LogP contribution in [0.5, 0.6) is 0 Å². The molecule has 0 aromatic heterocycles. The van der Waals surface area contributed by atoms with Gasteiger partial charge in [0.05, 0.1) is 31.0 Å². The minimum Gasteiger partial charge on any atom is -0.472 e. The summed E-state index contributed by atoms with van der Waals surface area (Å²) < 4.78 is 37.3. The first-order valence-corrected chi connectivity index (χ1v) is 13.3. The van der Waals surface area contributed by atoms with Gasteiger partial charge in [-0.1, -0.05) is 27.7 Å². The van der Waals surface area contributed by atoms with E-state index in [1.54, 1.807) is 6.26 Å². The Morgan fingerprint density at radius 1 is 1.17 bits per heavy atom. The summed E-state index contributed by atoms with van der Waals surface area (Å²) in [4.78, 5) is 25.4. The number of ether oxygens (including phenoxy) is 6. The van der Waals surface area contributed by atoms with Gasteiger partial charge in [-0.2, -0.15) is 0 Å². The molecule has 7 rings (SSSR count). The Bertz CT molecular complexity index is 928. The van der Waals surface area contributed by atoms with E-state index in [-0.39, 0.29) is 59.5 Å². The molecule has 5 heterocycles. The van der Waals surface area contributed by atoms with E-state index in [2.05, 4.69) is 19.9 Å². The Hall–Kier alpha value is -1.64. The van der Waals surface area contributed by atoms with Crippen LogP contribution in [0.1, 0.15) is 66.7 Å². The zero-order valence-corrected chi connectivity index (χ0v) is 21.4. The Labute approximate surface area is 207 Å². The first-order chi connectivity index (χ1) is 16.7. The third kappa shape index (κ3) is 3.15. The number of rotatable bonds is 5. The second-order valence-corrected chi connectivity index (χ2v) is 12.0. The molecule has 0 amide bonds. The fourth-order valence-electron chi connectivity index (χ4n) is 8.18. The van der Waals surface area contributed by atoms with E-state index in [1.807, 2.05) is 13.8 Å². The molecule has 194 valence electrons. The maximum Gasteiger partial charge on any atom is 0.310 e. The maximum atomic E-state index is 13.1. The lowest BCUT2D eigenvalue weighted by Crippen LogP contribution is -2.77. The molecule has 12 atom stereocenters. The van der Waals surface area contributed by atoms with Crippen molar-refractivity contribution in [2.24, 2.45) is 34.5 Å². The third-order valence-electron chi connectivity index (χ3n) is 10.4. The molecule has 2 bridgehead atoms. The average molecular weight is 491 g/mol. The van der Waals surface area contributed by atoms with Gasteiger partial charge in [0.25, 0.3) is 0 Å². The van der Waals surface area contributed by atoms with E-state index in [9.17, 15) is 9.59 Å². The molecular weight excluding hydrogens is 452 g/mol. The van der Waals surface area contributed by atoms with Crippen molar-refractivity contribution in [1.82, 2.24) is 0 Å². The number of carbonyl (C=O) groups excluding carboxylic acids is 2. The molecule has 0 aromatic rings. The molecule has 6 fully saturated rings. The molecule has 2 spiro atoms. The molecule has 7 aliphatic rings. The lowest BCUT2D eigenvalue weighted by atomic mass is 9.40. The van der Waals surface area contributed by atoms with Gasteiger partial charge < -0.3 is 28.4 Å². The highest BCUT2D eigenvalue weighted by Crippen LogP contribution is 2.74. The van der Waals surface area contributed by atoms with E-state index in [4.69, 9.17) is 28.4 Å². The Morgan fingerprint density at radius 2 is 1.94 bits per heavy atom. The number of carbonyl (C=O) groups is 2. The summed E-state index contributed by atoms with van der Waals surface area (Å²) in [5.41, 5.74) is -1.57. The lowest BCUT2D eigenvalue weighted by molar-refractivity contribution is -0.376. The maximum absolute atomic E-state index is 13.1. The highest BCUT2D eigenvalue weighted by molar-refractivity contribution is 5.72. The summed E-state index contributed by atoms with van der Waals surface area (Å²) in [6.45, 7) is 10.4. The first-order valence-electron chi connectivity index (χ1n) is 13.3. The largest absolute Gasteiger partial charge is 0.472 e. The number of esters is 2. The SMILES string of the molecule is CC[C@@H](C)C(=O)O[C@H]1O[C@@H]2C[C@@H]3[C@@](C)([C@@H]4C[C@H]5C=CO[C@H]5O4)[C@H](C)C[C@H](OC(C)=O)[C@]13[C@@]1(CO1)C2. The number of hydrogen-bond donors (Lipinski definition) is 0. The van der Waals surface area contributed by atoms with Gasteiger partial charge in [-0.3, -0.25) is 9.59 Å². The summed E-state index contributed by atoms with van der Waals surface area (Å²) in [6.07, 6.45) is 5.91. The van der Waals surface area contributed by atoms with Gasteiger partial charge >= 0.3 is 11.9 Å². The molecule has 2 aliphatic carbocycles. The van der Waals surface area contributed by atoms with Crippen LogP contribution in [0.2, 0.25) is 0 Å². The van der Waals surface area contributed by atoms with Gasteiger partial charge in [0, 0.05) is 24.7 Å². The van der Waals surface area contributed by atoms with Crippen LogP contribution >= 0.6 is 0 Å². The molecular formula is C27H38O8. The van der Waals surface area contributed by atoms with Gasteiger partial charge in [0.1, 0.15) is 17.1 Å². The molecule has 5 aliphatic heterocycles. The van der Waals surface area contributed by atoms with Crippen LogP contribution in [0.15, 0.2) is 12.3 Å². The minimum atomic E-state index is -0.822. The highest BCUT2D eigenvalue weighted by Gasteiger charge is 2.83. The standard InChI is InChI=1S/C27H38O8/c1-6-14(2)22(29)35-24-27-19(11-18(33-24)12-26(27)13-31-26)25(5,15(3)9-21(27)32-16(4)28)20-10-17-7-8-30-23(17)34-20/h7-8,14-15,17-21,23-24H,6,9-13H2,1-5H3/t14-,15-,17-,18-,19-,20+,21+,23+,24-,25+,26+,27+/m1/s1. The van der Waals surface area contributed by atoms with Gasteiger partial charge in [0.2, 0.25) is 12.6 Å². The summed E-state index contributed by atoms with van der Waals surface area (Å²) >= 11 is 0. The summed E-state index contributed by atoms with van der Waals surface area (Å²) in [5, 5.41) is 0. The van der Waals surface area contributed by atoms with Gasteiger partial charge in [-0.05, 0) is 43.6 Å². The van der Waals surface area contributed by atoms with Crippen molar-refractivity contribution < 1.29 is 38.0 Å². The molecule has 0 unspecified atom stereocenters. The molecule has 35 heavy (non-hydrogen) atoms. The fraction of sp³-hybridized carbons (Fsp3) is 0.852. The number of epoxide rings is 1. The van der Waals surface area contributed by atoms with Crippen LogP contribution in [-0.2, 0) is 38.0 Å². The van der Waals surface area contributed by atoms with E-state index in [0.29, 0.717) is 19.4 Å². The normalized spacial score (nSPS) is 51.9. The van der Waals surface area contributed by atoms with Crippen LogP contribution in [0, 0.1) is 34.5 Å². The van der Waals surface area contributed by atoms with Gasteiger partial charge in [-0.25, -0.2) is 0 Å². The van der Waals surface area contributed by atoms with E-state index < -0.39 is 23.4 Å². The molecule has 8 heteroatoms. The predicted octanol–water partition coefficient (Wildman–Crippen LogP) is 3.72. The highest BCUT2D eigenvalue weighted by atomic mass is 16.7. The van der Waals surface area contributed by atoms with Crippen molar-refractivity contribution in [2.45, 2.75) is 103 Å². The minimum absolute atomic E-state index is 0.0284. The molecule has 0 aromatic carbocycles. The predicted molar refractivity (Wildman–Crippen MR) is 122 cm³/mol. The smallest absolute Gasteiger partial charge is 0.310 e. The van der Waals surface area contributed by atoms with Crippen LogP contribution in [0.4, 0.5) is 0 Å². The molecule has 2 saturated carbocycles. The van der Waals surface area contributed by atoms with Gasteiger partial charge in [0.15, 0.2) is 0 Å². The van der Waals surface area contributed by atoms with Crippen molar-refractivity contribution in [2.75, 3.05) is 6.61 Å². The first kappa shape index (κ1) is 23.7. The van der Waals surface area contributed by atoms with E-state index in [0.717, 1.165) is 19.3 Å². The fourth-order valence-corrected chi connectivity index (χ4v) is 8.18. The van der Waals surface area contributed by atoms with Crippen LogP contribution < -0.4 is 0 Å². The van der Waals surface area contributed by atoms with E-state index in [1.165, 1.54) is 6.92 Å². The summed E-state index contributed by atoms with van der Waals surface area (Å²) in [6, 6.07) is 0. The molecule has 8 nitrogen and oxygen atoms in total. The summed E-state index contributed by atoms with van der Waals surface area (Å²) in [5.74, 6) is -0.376. The quantitative estimate of drug-likeness (QED) is 0.425. The monoisotopic (exact) mass is 490 g/mol. The van der Waals surface area contributed by atoms with E-state index >= 15 is 0 Å². The molecule has 4 saturated heterocycles. The average Bonchev–Trinajstić information content (AvgIpc) is 3.23. The zero-order chi connectivity index (χ0) is 24.8. The van der Waals surface area contributed by atoms with Crippen LogP contribution in [0.25, 0.3) is 0 Å². The van der Waals surface area contributed by atoms with Crippen molar-refractivity contribution in [3.63, 3.8) is 0 Å². The molecule has 0 N–H and O–H groups in total. The Balaban J connectivity index is 1.45. The summed E-state index contributed by atoms with van der Waals surface area (Å²) in [7, 11) is 0. The lowest BCUT2D eigenvalue weighted by Gasteiger charge is -2.69. The molecule has 0 radical (unpaired) electrons. The van der Waals surface area contributed by atoms with Crippen molar-refractivity contribution >= 4 is 11.9 Å². The van der Waals surface area contributed by atoms with Crippen molar-refractivity contribution in [3.8, 4) is 0 Å². The van der Waals surface area contributed by atoms with Crippen molar-refractivity contribution in [1.29, 1.82) is 0 Å². The Morgan fingerprint density at radius 3 is 2.60 bits per heavy atom.